The molecule has 0 amide bonds. The van der Waals surface area contributed by atoms with E-state index in [0.29, 0.717) is 17.9 Å². The molecular formula is C21H17BrO3. The van der Waals surface area contributed by atoms with Crippen LogP contribution in [0.3, 0.4) is 0 Å². The van der Waals surface area contributed by atoms with E-state index in [2.05, 4.69) is 15.9 Å². The molecule has 3 nitrogen and oxygen atoms in total. The van der Waals surface area contributed by atoms with Gasteiger partial charge in [-0.2, -0.15) is 0 Å². The molecule has 0 heterocycles. The summed E-state index contributed by atoms with van der Waals surface area (Å²) in [5, 5.41) is 0. The third-order valence-corrected chi connectivity index (χ3v) is 4.14. The van der Waals surface area contributed by atoms with Gasteiger partial charge in [-0.25, -0.2) is 4.79 Å². The van der Waals surface area contributed by atoms with Crippen molar-refractivity contribution in [2.75, 3.05) is 0 Å². The van der Waals surface area contributed by atoms with Crippen molar-refractivity contribution in [2.24, 2.45) is 0 Å². The second-order valence-corrected chi connectivity index (χ2v) is 6.56. The molecule has 0 fully saturated rings. The lowest BCUT2D eigenvalue weighted by Gasteiger charge is -2.08. The van der Waals surface area contributed by atoms with Gasteiger partial charge in [0, 0.05) is 4.47 Å². The highest BCUT2D eigenvalue weighted by Gasteiger charge is 2.08. The molecule has 25 heavy (non-hydrogen) atoms. The highest BCUT2D eigenvalue weighted by molar-refractivity contribution is 9.10. The lowest BCUT2D eigenvalue weighted by molar-refractivity contribution is 0.0734. The Morgan fingerprint density at radius 3 is 2.32 bits per heavy atom. The average Bonchev–Trinajstić information content (AvgIpc) is 2.62. The summed E-state index contributed by atoms with van der Waals surface area (Å²) in [5.41, 5.74) is 2.54. The summed E-state index contributed by atoms with van der Waals surface area (Å²) < 4.78 is 12.1. The van der Waals surface area contributed by atoms with Crippen LogP contribution in [0.15, 0.2) is 77.3 Å². The maximum absolute atomic E-state index is 12.2. The van der Waals surface area contributed by atoms with Crippen LogP contribution in [0, 0.1) is 6.92 Å². The first-order valence-electron chi connectivity index (χ1n) is 7.86. The van der Waals surface area contributed by atoms with Gasteiger partial charge >= 0.3 is 5.97 Å². The molecule has 0 unspecified atom stereocenters. The minimum atomic E-state index is -0.369. The summed E-state index contributed by atoms with van der Waals surface area (Å²) in [7, 11) is 0. The minimum Gasteiger partial charge on any atom is -0.489 e. The van der Waals surface area contributed by atoms with Crippen LogP contribution >= 0.6 is 15.9 Å². The molecule has 0 aliphatic rings. The number of ether oxygens (including phenoxy) is 2. The monoisotopic (exact) mass is 396 g/mol. The molecule has 0 saturated carbocycles. The van der Waals surface area contributed by atoms with Gasteiger partial charge in [-0.05, 0) is 66.6 Å². The molecule has 0 saturated heterocycles. The van der Waals surface area contributed by atoms with Gasteiger partial charge in [-0.15, -0.1) is 0 Å². The highest BCUT2D eigenvalue weighted by atomic mass is 79.9. The predicted molar refractivity (Wildman–Crippen MR) is 101 cm³/mol. The summed E-state index contributed by atoms with van der Waals surface area (Å²) in [5.74, 6) is 0.977. The zero-order chi connectivity index (χ0) is 17.6. The van der Waals surface area contributed by atoms with E-state index in [9.17, 15) is 4.79 Å². The van der Waals surface area contributed by atoms with E-state index in [1.165, 1.54) is 0 Å². The molecule has 0 radical (unpaired) electrons. The zero-order valence-corrected chi connectivity index (χ0v) is 15.3. The lowest BCUT2D eigenvalue weighted by Crippen LogP contribution is -2.08. The molecule has 0 aromatic heterocycles. The van der Waals surface area contributed by atoms with E-state index < -0.39 is 0 Å². The van der Waals surface area contributed by atoms with Crippen molar-refractivity contribution >= 4 is 21.9 Å². The molecule has 0 N–H and O–H groups in total. The number of halogens is 1. The number of benzene rings is 3. The van der Waals surface area contributed by atoms with Crippen LogP contribution in [0.5, 0.6) is 11.5 Å². The topological polar surface area (TPSA) is 35.5 Å². The highest BCUT2D eigenvalue weighted by Crippen LogP contribution is 2.18. The molecule has 0 aliphatic heterocycles. The van der Waals surface area contributed by atoms with Gasteiger partial charge in [0.1, 0.15) is 18.1 Å². The second-order valence-electron chi connectivity index (χ2n) is 5.65. The molecule has 4 heteroatoms. The third kappa shape index (κ3) is 4.94. The first-order chi connectivity index (χ1) is 12.1. The fourth-order valence-corrected chi connectivity index (χ4v) is 2.54. The summed E-state index contributed by atoms with van der Waals surface area (Å²) in [4.78, 5) is 12.2. The van der Waals surface area contributed by atoms with E-state index in [4.69, 9.17) is 9.47 Å². The number of rotatable bonds is 5. The minimum absolute atomic E-state index is 0.369. The number of carbonyl (C=O) groups excluding carboxylic acids is 1. The largest absolute Gasteiger partial charge is 0.489 e. The fourth-order valence-electron chi connectivity index (χ4n) is 2.28. The summed E-state index contributed by atoms with van der Waals surface area (Å²) in [6.07, 6.45) is 0. The molecule has 0 atom stereocenters. The van der Waals surface area contributed by atoms with Gasteiger partial charge in [0.2, 0.25) is 0 Å². The van der Waals surface area contributed by atoms with Crippen LogP contribution < -0.4 is 9.47 Å². The predicted octanol–water partition coefficient (Wildman–Crippen LogP) is 5.56. The summed E-state index contributed by atoms with van der Waals surface area (Å²) in [6, 6.07) is 22.3. The Morgan fingerprint density at radius 1 is 0.920 bits per heavy atom. The van der Waals surface area contributed by atoms with Crippen molar-refractivity contribution in [1.82, 2.24) is 0 Å². The number of aryl methyl sites for hydroxylation is 1. The molecule has 3 aromatic carbocycles. The lowest BCUT2D eigenvalue weighted by atomic mass is 10.1. The van der Waals surface area contributed by atoms with Crippen molar-refractivity contribution in [3.05, 3.63) is 94.0 Å². The Balaban J connectivity index is 1.59. The van der Waals surface area contributed by atoms with Gasteiger partial charge in [0.05, 0.1) is 5.56 Å². The van der Waals surface area contributed by atoms with Crippen molar-refractivity contribution in [1.29, 1.82) is 0 Å². The summed E-state index contributed by atoms with van der Waals surface area (Å²) >= 11 is 3.39. The van der Waals surface area contributed by atoms with E-state index >= 15 is 0 Å². The maximum atomic E-state index is 12.2. The van der Waals surface area contributed by atoms with Crippen LogP contribution in [-0.4, -0.2) is 5.97 Å². The Bertz CT molecular complexity index is 855. The van der Waals surface area contributed by atoms with Crippen LogP contribution in [0.2, 0.25) is 0 Å². The third-order valence-electron chi connectivity index (χ3n) is 3.61. The molecule has 3 aromatic rings. The van der Waals surface area contributed by atoms with Gasteiger partial charge in [0.15, 0.2) is 0 Å². The van der Waals surface area contributed by atoms with Crippen molar-refractivity contribution in [3.63, 3.8) is 0 Å². The average molecular weight is 397 g/mol. The molecule has 3 rings (SSSR count). The van der Waals surface area contributed by atoms with E-state index in [1.807, 2.05) is 61.5 Å². The van der Waals surface area contributed by atoms with E-state index in [0.717, 1.165) is 21.3 Å². The quantitative estimate of drug-likeness (QED) is 0.418. The Morgan fingerprint density at radius 2 is 1.64 bits per heavy atom. The normalized spacial score (nSPS) is 10.3. The first-order valence-corrected chi connectivity index (χ1v) is 8.65. The molecule has 0 bridgehead atoms. The maximum Gasteiger partial charge on any atom is 0.343 e. The Kier molecular flexibility index (Phi) is 5.51. The van der Waals surface area contributed by atoms with Gasteiger partial charge in [0.25, 0.3) is 0 Å². The second kappa shape index (κ2) is 7.99. The number of carbonyl (C=O) groups is 1. The van der Waals surface area contributed by atoms with Crippen LogP contribution in [-0.2, 0) is 6.61 Å². The van der Waals surface area contributed by atoms with Crippen LogP contribution in [0.25, 0.3) is 0 Å². The molecule has 0 aliphatic carbocycles. The van der Waals surface area contributed by atoms with Crippen molar-refractivity contribution < 1.29 is 14.3 Å². The Labute approximate surface area is 155 Å². The zero-order valence-electron chi connectivity index (χ0n) is 13.7. The van der Waals surface area contributed by atoms with Gasteiger partial charge < -0.3 is 9.47 Å². The fraction of sp³-hybridized carbons (Fsp3) is 0.0952. The van der Waals surface area contributed by atoms with Crippen molar-refractivity contribution in [2.45, 2.75) is 13.5 Å². The molecule has 126 valence electrons. The first kappa shape index (κ1) is 17.2. The van der Waals surface area contributed by atoms with E-state index in [-0.39, 0.29) is 5.97 Å². The van der Waals surface area contributed by atoms with Crippen molar-refractivity contribution in [3.8, 4) is 11.5 Å². The van der Waals surface area contributed by atoms with E-state index in [1.54, 1.807) is 18.2 Å². The number of esters is 1. The molecular weight excluding hydrogens is 380 g/mol. The summed E-state index contributed by atoms with van der Waals surface area (Å²) in [6.45, 7) is 2.40. The van der Waals surface area contributed by atoms with Crippen LogP contribution in [0.1, 0.15) is 21.5 Å². The number of hydrogen-bond acceptors (Lipinski definition) is 3. The van der Waals surface area contributed by atoms with Crippen LogP contribution in [0.4, 0.5) is 0 Å². The van der Waals surface area contributed by atoms with Gasteiger partial charge in [-0.3, -0.25) is 0 Å². The molecule has 0 spiro atoms. The number of hydrogen-bond donors (Lipinski definition) is 0. The smallest absolute Gasteiger partial charge is 0.343 e. The SMILES string of the molecule is Cc1cccc(OC(=O)c2ccc(COc3ccc(Br)cc3)cc2)c1. The standard InChI is InChI=1S/C21H17BrO3/c1-15-3-2-4-20(13-15)25-21(23)17-7-5-16(6-8-17)14-24-19-11-9-18(22)10-12-19/h2-13H,14H2,1H3. The van der Waals surface area contributed by atoms with Gasteiger partial charge in [-0.1, -0.05) is 40.2 Å². The Hall–Kier alpha value is -2.59.